The van der Waals surface area contributed by atoms with Crippen molar-refractivity contribution in [3.8, 4) is 0 Å². The smallest absolute Gasteiger partial charge is 0.372 e. The van der Waals surface area contributed by atoms with Gasteiger partial charge in [0.2, 0.25) is 0 Å². The van der Waals surface area contributed by atoms with Crippen molar-refractivity contribution in [2.45, 2.75) is 38.4 Å². The largest absolute Gasteiger partial charge is 0.423 e. The van der Waals surface area contributed by atoms with Crippen LogP contribution >= 0.6 is 0 Å². The Morgan fingerprint density at radius 2 is 1.46 bits per heavy atom. The van der Waals surface area contributed by atoms with E-state index < -0.39 is 11.8 Å². The van der Waals surface area contributed by atoms with E-state index in [4.69, 9.17) is 16.2 Å². The van der Waals surface area contributed by atoms with Crippen molar-refractivity contribution in [3.05, 3.63) is 70.8 Å². The molecule has 0 aliphatic carbocycles. The fourth-order valence-electron chi connectivity index (χ4n) is 2.36. The van der Waals surface area contributed by atoms with E-state index in [1.807, 2.05) is 24.3 Å². The van der Waals surface area contributed by atoms with E-state index in [2.05, 4.69) is 6.92 Å². The number of benzene rings is 2. The molecular formula is C18H21F3N2O. The maximum atomic E-state index is 12.8. The van der Waals surface area contributed by atoms with Gasteiger partial charge in [0.1, 0.15) is 0 Å². The normalized spacial score (nSPS) is 12.4. The molecule has 0 heterocycles. The van der Waals surface area contributed by atoms with Gasteiger partial charge in [0, 0.05) is 0 Å². The Hall–Kier alpha value is -1.89. The van der Waals surface area contributed by atoms with E-state index in [9.17, 15) is 13.2 Å². The van der Waals surface area contributed by atoms with Gasteiger partial charge in [-0.1, -0.05) is 55.5 Å². The van der Waals surface area contributed by atoms with Crippen LogP contribution in [0.3, 0.4) is 0 Å². The van der Waals surface area contributed by atoms with Crippen LogP contribution < -0.4 is 11.5 Å². The first kappa shape index (κ1) is 18.4. The molecule has 0 atom stereocenters. The minimum atomic E-state index is -4.71. The van der Waals surface area contributed by atoms with Gasteiger partial charge >= 0.3 is 6.18 Å². The van der Waals surface area contributed by atoms with Crippen molar-refractivity contribution in [2.75, 3.05) is 0 Å². The maximum Gasteiger partial charge on any atom is 0.423 e. The Labute approximate surface area is 139 Å². The number of nitrogens with two attached hydrogens (primary N) is 2. The highest BCUT2D eigenvalue weighted by atomic mass is 19.4. The summed E-state index contributed by atoms with van der Waals surface area (Å²) in [5, 5.41) is 0. The lowest BCUT2D eigenvalue weighted by molar-refractivity contribution is -0.188. The van der Waals surface area contributed by atoms with Crippen LogP contribution in [0.15, 0.2) is 48.5 Å². The zero-order valence-corrected chi connectivity index (χ0v) is 13.4. The van der Waals surface area contributed by atoms with Gasteiger partial charge in [0.15, 0.2) is 5.66 Å². The Morgan fingerprint density at radius 3 is 2.00 bits per heavy atom. The van der Waals surface area contributed by atoms with Crippen LogP contribution in [0.1, 0.15) is 29.2 Å². The third kappa shape index (κ3) is 4.14. The van der Waals surface area contributed by atoms with E-state index in [0.717, 1.165) is 17.5 Å². The summed E-state index contributed by atoms with van der Waals surface area (Å²) < 4.78 is 44.1. The zero-order valence-electron chi connectivity index (χ0n) is 13.4. The Kier molecular flexibility index (Phi) is 5.64. The first-order chi connectivity index (χ1) is 11.3. The number of hydrogen-bond donors (Lipinski definition) is 2. The predicted molar refractivity (Wildman–Crippen MR) is 86.9 cm³/mol. The molecular weight excluding hydrogens is 317 g/mol. The second-order valence-electron chi connectivity index (χ2n) is 5.68. The van der Waals surface area contributed by atoms with Crippen LogP contribution in [0.5, 0.6) is 0 Å². The quantitative estimate of drug-likeness (QED) is 0.791. The highest BCUT2D eigenvalue weighted by molar-refractivity contribution is 5.29. The van der Waals surface area contributed by atoms with E-state index in [-0.39, 0.29) is 5.56 Å². The summed E-state index contributed by atoms with van der Waals surface area (Å²) in [4.78, 5) is 0. The molecule has 0 aliphatic heterocycles. The molecule has 3 nitrogen and oxygen atoms in total. The summed E-state index contributed by atoms with van der Waals surface area (Å²) in [6, 6.07) is 13.6. The monoisotopic (exact) mass is 338 g/mol. The number of rotatable bonds is 6. The highest BCUT2D eigenvalue weighted by Gasteiger charge is 2.50. The van der Waals surface area contributed by atoms with E-state index in [1.165, 1.54) is 17.7 Å². The average Bonchev–Trinajstić information content (AvgIpc) is 2.55. The van der Waals surface area contributed by atoms with Gasteiger partial charge in [-0.25, -0.2) is 0 Å². The van der Waals surface area contributed by atoms with Gasteiger partial charge in [-0.15, -0.1) is 0 Å². The van der Waals surface area contributed by atoms with Crippen LogP contribution in [0.25, 0.3) is 0 Å². The topological polar surface area (TPSA) is 61.3 Å². The van der Waals surface area contributed by atoms with Crippen LogP contribution in [-0.4, -0.2) is 6.18 Å². The van der Waals surface area contributed by atoms with Crippen molar-refractivity contribution < 1.29 is 17.9 Å². The standard InChI is InChI=1S/C18H21F3N2O/c1-2-14-5-3-4-6-15(14)12-24-11-13-7-9-16(10-8-13)17(22,23)18(19,20)21/h3-10H,2,11-12,22-23H2,1H3. The van der Waals surface area contributed by atoms with Gasteiger partial charge in [-0.2, -0.15) is 13.2 Å². The van der Waals surface area contributed by atoms with Crippen molar-refractivity contribution in [2.24, 2.45) is 11.5 Å². The van der Waals surface area contributed by atoms with Crippen LogP contribution in [0.4, 0.5) is 13.2 Å². The molecule has 0 aliphatic rings. The van der Waals surface area contributed by atoms with Crippen LogP contribution in [0, 0.1) is 0 Å². The molecule has 2 rings (SSSR count). The second-order valence-corrected chi connectivity index (χ2v) is 5.68. The Morgan fingerprint density at radius 1 is 0.875 bits per heavy atom. The lowest BCUT2D eigenvalue weighted by atomic mass is 9.99. The third-order valence-electron chi connectivity index (χ3n) is 3.93. The van der Waals surface area contributed by atoms with Gasteiger partial charge < -0.3 is 16.2 Å². The fourth-order valence-corrected chi connectivity index (χ4v) is 2.36. The summed E-state index contributed by atoms with van der Waals surface area (Å²) >= 11 is 0. The summed E-state index contributed by atoms with van der Waals surface area (Å²) in [5.74, 6) is 0. The molecule has 0 unspecified atom stereocenters. The predicted octanol–water partition coefficient (Wildman–Crippen LogP) is 3.60. The zero-order chi connectivity index (χ0) is 17.8. The van der Waals surface area contributed by atoms with Crippen molar-refractivity contribution in [1.29, 1.82) is 0 Å². The minimum Gasteiger partial charge on any atom is -0.372 e. The molecule has 130 valence electrons. The molecule has 0 saturated carbocycles. The summed E-state index contributed by atoms with van der Waals surface area (Å²) in [6.45, 7) is 2.82. The summed E-state index contributed by atoms with van der Waals surface area (Å²) in [7, 11) is 0. The Balaban J connectivity index is 1.98. The molecule has 2 aromatic rings. The first-order valence-electron chi connectivity index (χ1n) is 7.64. The highest BCUT2D eigenvalue weighted by Crippen LogP contribution is 2.32. The molecule has 0 bridgehead atoms. The molecule has 0 saturated heterocycles. The molecule has 0 fully saturated rings. The fraction of sp³-hybridized carbons (Fsp3) is 0.333. The molecule has 0 radical (unpaired) electrons. The number of hydrogen-bond acceptors (Lipinski definition) is 3. The summed E-state index contributed by atoms with van der Waals surface area (Å²) in [6.07, 6.45) is -3.80. The number of alkyl halides is 3. The Bertz CT molecular complexity index is 667. The first-order valence-corrected chi connectivity index (χ1v) is 7.64. The number of ether oxygens (including phenoxy) is 1. The van der Waals surface area contributed by atoms with Crippen molar-refractivity contribution in [1.82, 2.24) is 0 Å². The van der Waals surface area contributed by atoms with Gasteiger partial charge in [0.05, 0.1) is 13.2 Å². The van der Waals surface area contributed by atoms with Crippen molar-refractivity contribution in [3.63, 3.8) is 0 Å². The second kappa shape index (κ2) is 7.34. The number of aryl methyl sites for hydroxylation is 1. The van der Waals surface area contributed by atoms with Gasteiger partial charge in [-0.3, -0.25) is 0 Å². The molecule has 0 spiro atoms. The lowest BCUT2D eigenvalue weighted by Gasteiger charge is -2.27. The third-order valence-corrected chi connectivity index (χ3v) is 3.93. The molecule has 6 heteroatoms. The minimum absolute atomic E-state index is 0.185. The van der Waals surface area contributed by atoms with Gasteiger partial charge in [-0.05, 0) is 28.7 Å². The molecule has 24 heavy (non-hydrogen) atoms. The van der Waals surface area contributed by atoms with Crippen LogP contribution in [0.2, 0.25) is 0 Å². The van der Waals surface area contributed by atoms with E-state index in [1.54, 1.807) is 12.1 Å². The SMILES string of the molecule is CCc1ccccc1COCc1ccc(C(N)(N)C(F)(F)F)cc1. The van der Waals surface area contributed by atoms with Crippen LogP contribution in [-0.2, 0) is 30.0 Å². The van der Waals surface area contributed by atoms with E-state index in [0.29, 0.717) is 13.2 Å². The lowest BCUT2D eigenvalue weighted by Crippen LogP contribution is -2.57. The summed E-state index contributed by atoms with van der Waals surface area (Å²) in [5.41, 5.74) is 10.4. The average molecular weight is 338 g/mol. The van der Waals surface area contributed by atoms with E-state index >= 15 is 0 Å². The number of halogens is 3. The molecule has 0 amide bonds. The molecule has 0 aromatic heterocycles. The molecule has 4 N–H and O–H groups in total. The molecule has 2 aromatic carbocycles. The van der Waals surface area contributed by atoms with Gasteiger partial charge in [0.25, 0.3) is 0 Å². The maximum absolute atomic E-state index is 12.8. The van der Waals surface area contributed by atoms with Crippen molar-refractivity contribution >= 4 is 0 Å².